The second-order valence-corrected chi connectivity index (χ2v) is 4.80. The van der Waals surface area contributed by atoms with Gasteiger partial charge in [-0.2, -0.15) is 5.10 Å². The molecule has 0 amide bonds. The predicted octanol–water partition coefficient (Wildman–Crippen LogP) is 3.47. The van der Waals surface area contributed by atoms with Gasteiger partial charge >= 0.3 is 0 Å². The van der Waals surface area contributed by atoms with Crippen LogP contribution in [0.1, 0.15) is 15.9 Å². The third-order valence-corrected chi connectivity index (χ3v) is 3.20. The summed E-state index contributed by atoms with van der Waals surface area (Å²) in [5.41, 5.74) is 2.34. The summed E-state index contributed by atoms with van der Waals surface area (Å²) >= 11 is 0. The molecule has 4 nitrogen and oxygen atoms in total. The first-order valence-corrected chi connectivity index (χ1v) is 6.84. The maximum Gasteiger partial charge on any atom is 0.185 e. The van der Waals surface area contributed by atoms with Gasteiger partial charge in [0.05, 0.1) is 11.9 Å². The molecular formula is C18H14N2O2. The van der Waals surface area contributed by atoms with Gasteiger partial charge in [0.2, 0.25) is 0 Å². The lowest BCUT2D eigenvalue weighted by atomic mass is 10.1. The molecule has 22 heavy (non-hydrogen) atoms. The van der Waals surface area contributed by atoms with Crippen LogP contribution in [0.25, 0.3) is 11.8 Å². The third-order valence-electron chi connectivity index (χ3n) is 3.20. The molecule has 3 rings (SSSR count). The number of hydrogen-bond acceptors (Lipinski definition) is 3. The number of aromatic nitrogens is 2. The fourth-order valence-electron chi connectivity index (χ4n) is 2.04. The number of nitrogens with zero attached hydrogens (tertiary/aromatic N) is 2. The monoisotopic (exact) mass is 290 g/mol. The van der Waals surface area contributed by atoms with Crippen molar-refractivity contribution in [1.29, 1.82) is 0 Å². The number of carbonyl (C=O) groups excluding carboxylic acids is 1. The van der Waals surface area contributed by atoms with E-state index in [0.717, 1.165) is 11.3 Å². The Labute approximate surface area is 128 Å². The van der Waals surface area contributed by atoms with E-state index in [1.54, 1.807) is 29.1 Å². The molecule has 108 valence electrons. The molecule has 0 fully saturated rings. The Balaban J connectivity index is 1.75. The lowest BCUT2D eigenvalue weighted by Crippen LogP contribution is -1.93. The maximum absolute atomic E-state index is 12.0. The maximum atomic E-state index is 12.0. The molecule has 1 aromatic heterocycles. The van der Waals surface area contributed by atoms with Crippen molar-refractivity contribution in [2.75, 3.05) is 0 Å². The van der Waals surface area contributed by atoms with Crippen molar-refractivity contribution in [2.45, 2.75) is 0 Å². The van der Waals surface area contributed by atoms with Crippen molar-refractivity contribution < 1.29 is 9.90 Å². The van der Waals surface area contributed by atoms with Gasteiger partial charge in [-0.1, -0.05) is 18.2 Å². The van der Waals surface area contributed by atoms with Gasteiger partial charge in [0, 0.05) is 17.3 Å². The van der Waals surface area contributed by atoms with E-state index >= 15 is 0 Å². The van der Waals surface area contributed by atoms with E-state index in [9.17, 15) is 9.90 Å². The number of hydrogen-bond donors (Lipinski definition) is 1. The van der Waals surface area contributed by atoms with E-state index < -0.39 is 0 Å². The number of phenols is 1. The molecule has 0 aliphatic heterocycles. The first kappa shape index (κ1) is 13.8. The van der Waals surface area contributed by atoms with Crippen molar-refractivity contribution in [3.05, 3.63) is 84.2 Å². The number of ketones is 1. The second kappa shape index (κ2) is 6.10. The van der Waals surface area contributed by atoms with Crippen LogP contribution >= 0.6 is 0 Å². The highest BCUT2D eigenvalue weighted by atomic mass is 16.3. The average molecular weight is 290 g/mol. The zero-order valence-electron chi connectivity index (χ0n) is 11.8. The van der Waals surface area contributed by atoms with Crippen LogP contribution in [0.3, 0.4) is 0 Å². The predicted molar refractivity (Wildman–Crippen MR) is 85.0 cm³/mol. The van der Waals surface area contributed by atoms with Gasteiger partial charge in [-0.05, 0) is 48.6 Å². The van der Waals surface area contributed by atoms with Gasteiger partial charge < -0.3 is 5.11 Å². The van der Waals surface area contributed by atoms with E-state index in [2.05, 4.69) is 5.10 Å². The number of rotatable bonds is 4. The van der Waals surface area contributed by atoms with Crippen LogP contribution in [0.2, 0.25) is 0 Å². The lowest BCUT2D eigenvalue weighted by molar-refractivity contribution is 0.104. The molecule has 1 heterocycles. The van der Waals surface area contributed by atoms with Crippen molar-refractivity contribution in [3.8, 4) is 11.4 Å². The third kappa shape index (κ3) is 3.12. The Morgan fingerprint density at radius 3 is 2.50 bits per heavy atom. The van der Waals surface area contributed by atoms with Gasteiger partial charge in [0.15, 0.2) is 5.78 Å². The van der Waals surface area contributed by atoms with Crippen LogP contribution in [-0.4, -0.2) is 20.7 Å². The number of benzene rings is 2. The van der Waals surface area contributed by atoms with E-state index in [-0.39, 0.29) is 11.5 Å². The van der Waals surface area contributed by atoms with Crippen LogP contribution in [0, 0.1) is 0 Å². The van der Waals surface area contributed by atoms with Crippen molar-refractivity contribution in [2.24, 2.45) is 0 Å². The summed E-state index contributed by atoms with van der Waals surface area (Å²) in [4.78, 5) is 12.0. The fourth-order valence-corrected chi connectivity index (χ4v) is 2.04. The van der Waals surface area contributed by atoms with Crippen molar-refractivity contribution in [3.63, 3.8) is 0 Å². The number of para-hydroxylation sites is 1. The summed E-state index contributed by atoms with van der Waals surface area (Å²) in [6, 6.07) is 15.9. The summed E-state index contributed by atoms with van der Waals surface area (Å²) in [6.45, 7) is 0. The minimum absolute atomic E-state index is 0.118. The topological polar surface area (TPSA) is 55.1 Å². The molecular weight excluding hydrogens is 276 g/mol. The standard InChI is InChI=1S/C18H14N2O2/c21-17-9-7-15(8-10-17)18(22)11-6-14-12-19-20(13-14)16-4-2-1-3-5-16/h1-13,21H. The normalized spacial score (nSPS) is 10.9. The van der Waals surface area contributed by atoms with E-state index in [4.69, 9.17) is 0 Å². The average Bonchev–Trinajstić information content (AvgIpc) is 3.03. The van der Waals surface area contributed by atoms with Crippen LogP contribution in [0.4, 0.5) is 0 Å². The molecule has 3 aromatic rings. The molecule has 0 saturated heterocycles. The summed E-state index contributed by atoms with van der Waals surface area (Å²) in [7, 11) is 0. The minimum atomic E-state index is -0.118. The van der Waals surface area contributed by atoms with Gasteiger partial charge in [-0.15, -0.1) is 0 Å². The molecule has 1 N–H and O–H groups in total. The fraction of sp³-hybridized carbons (Fsp3) is 0. The first-order valence-electron chi connectivity index (χ1n) is 6.84. The number of allylic oxidation sites excluding steroid dienone is 1. The first-order chi connectivity index (χ1) is 10.7. The smallest absolute Gasteiger partial charge is 0.185 e. The summed E-state index contributed by atoms with van der Waals surface area (Å²) in [5, 5.41) is 13.5. The van der Waals surface area contributed by atoms with Crippen LogP contribution in [0.15, 0.2) is 73.1 Å². The Morgan fingerprint density at radius 2 is 1.77 bits per heavy atom. The zero-order chi connectivity index (χ0) is 15.4. The zero-order valence-corrected chi connectivity index (χ0v) is 11.8. The van der Waals surface area contributed by atoms with Crippen LogP contribution in [0.5, 0.6) is 5.75 Å². The van der Waals surface area contributed by atoms with Gasteiger partial charge in [-0.3, -0.25) is 4.79 Å². The van der Waals surface area contributed by atoms with Gasteiger partial charge in [0.1, 0.15) is 5.75 Å². The van der Waals surface area contributed by atoms with Gasteiger partial charge in [0.25, 0.3) is 0 Å². The van der Waals surface area contributed by atoms with E-state index in [0.29, 0.717) is 5.56 Å². The Bertz CT molecular complexity index is 803. The minimum Gasteiger partial charge on any atom is -0.508 e. The number of carbonyl (C=O) groups is 1. The largest absolute Gasteiger partial charge is 0.508 e. The van der Waals surface area contributed by atoms with E-state index in [1.165, 1.54) is 18.2 Å². The van der Waals surface area contributed by atoms with E-state index in [1.807, 2.05) is 36.5 Å². The second-order valence-electron chi connectivity index (χ2n) is 4.80. The molecule has 0 spiro atoms. The molecule has 4 heteroatoms. The summed E-state index contributed by atoms with van der Waals surface area (Å²) < 4.78 is 1.75. The Kier molecular flexibility index (Phi) is 3.83. The SMILES string of the molecule is O=C(C=Cc1cnn(-c2ccccc2)c1)c1ccc(O)cc1. The number of aromatic hydroxyl groups is 1. The van der Waals surface area contributed by atoms with Crippen LogP contribution < -0.4 is 0 Å². The highest BCUT2D eigenvalue weighted by Gasteiger charge is 2.02. The quantitative estimate of drug-likeness (QED) is 0.591. The molecule has 0 bridgehead atoms. The summed E-state index contributed by atoms with van der Waals surface area (Å²) in [6.07, 6.45) is 6.78. The highest BCUT2D eigenvalue weighted by Crippen LogP contribution is 2.12. The van der Waals surface area contributed by atoms with Crippen molar-refractivity contribution >= 4 is 11.9 Å². The van der Waals surface area contributed by atoms with Gasteiger partial charge in [-0.25, -0.2) is 4.68 Å². The Hall–Kier alpha value is -3.14. The number of phenolic OH excluding ortho intramolecular Hbond substituents is 1. The molecule has 0 aliphatic carbocycles. The molecule has 2 aromatic carbocycles. The molecule has 0 radical (unpaired) electrons. The van der Waals surface area contributed by atoms with Crippen molar-refractivity contribution in [1.82, 2.24) is 9.78 Å². The van der Waals surface area contributed by atoms with Crippen LogP contribution in [-0.2, 0) is 0 Å². The molecule has 0 atom stereocenters. The highest BCUT2D eigenvalue weighted by molar-refractivity contribution is 6.06. The molecule has 0 saturated carbocycles. The summed E-state index contributed by atoms with van der Waals surface area (Å²) in [5.74, 6) is 0.0251. The molecule has 0 aliphatic rings. The lowest BCUT2D eigenvalue weighted by Gasteiger charge is -1.98. The molecule has 0 unspecified atom stereocenters. The Morgan fingerprint density at radius 1 is 1.05 bits per heavy atom.